The highest BCUT2D eigenvalue weighted by molar-refractivity contribution is 5.91. The predicted molar refractivity (Wildman–Crippen MR) is 164 cm³/mol. The summed E-state index contributed by atoms with van der Waals surface area (Å²) in [5, 5.41) is 5.69. The van der Waals surface area contributed by atoms with Crippen molar-refractivity contribution in [3.05, 3.63) is 113 Å². The van der Waals surface area contributed by atoms with Gasteiger partial charge in [0.15, 0.2) is 5.65 Å². The van der Waals surface area contributed by atoms with Gasteiger partial charge in [0.25, 0.3) is 0 Å². The normalized spacial score (nSPS) is 14.4. The molecule has 0 spiro atoms. The van der Waals surface area contributed by atoms with Crippen LogP contribution in [0.1, 0.15) is 47.5 Å². The summed E-state index contributed by atoms with van der Waals surface area (Å²) in [4.78, 5) is 27.9. The molecule has 0 saturated carbocycles. The lowest BCUT2D eigenvalue weighted by Gasteiger charge is -2.37. The summed E-state index contributed by atoms with van der Waals surface area (Å²) in [5.74, 6) is 1.26. The number of aromatic nitrogens is 4. The zero-order chi connectivity index (χ0) is 29.2. The van der Waals surface area contributed by atoms with Crippen LogP contribution in [-0.4, -0.2) is 56.7 Å². The Kier molecular flexibility index (Phi) is 7.69. The Hall–Kier alpha value is -4.59. The fraction of sp³-hybridized carbons (Fsp3) is 0.294. The minimum absolute atomic E-state index is 0.138. The van der Waals surface area contributed by atoms with E-state index >= 15 is 0 Å². The molecule has 1 saturated heterocycles. The molecular formula is C34H35FN6O. The van der Waals surface area contributed by atoms with Gasteiger partial charge in [0.05, 0.1) is 22.7 Å². The second-order valence-corrected chi connectivity index (χ2v) is 11.0. The molecule has 2 aromatic heterocycles. The SMILES string of the molecule is CCC(C(=O)N1CCN(c2nc(Cc3ccc(C)cc3)nc3c2c(C)nn3-c2ccc(F)cc2)CC1)c1ccccc1. The molecular weight excluding hydrogens is 527 g/mol. The van der Waals surface area contributed by atoms with Crippen LogP contribution in [0.2, 0.25) is 0 Å². The van der Waals surface area contributed by atoms with Crippen LogP contribution >= 0.6 is 0 Å². The standard InChI is InChI=1S/C34H35FN6O/c1-4-29(26-8-6-5-7-9-26)34(42)40-20-18-39(19-21-40)32-31-24(3)38-41(28-16-14-27(35)15-17-28)33(31)37-30(36-32)22-25-12-10-23(2)11-13-25/h5-17,29H,4,18-22H2,1-3H3. The van der Waals surface area contributed by atoms with Gasteiger partial charge in [-0.3, -0.25) is 4.79 Å². The maximum Gasteiger partial charge on any atom is 0.230 e. The number of aryl methyl sites for hydroxylation is 2. The quantitative estimate of drug-likeness (QED) is 0.243. The second-order valence-electron chi connectivity index (χ2n) is 11.0. The van der Waals surface area contributed by atoms with Crippen LogP contribution in [0.3, 0.4) is 0 Å². The lowest BCUT2D eigenvalue weighted by Crippen LogP contribution is -2.50. The smallest absolute Gasteiger partial charge is 0.230 e. The highest BCUT2D eigenvalue weighted by Gasteiger charge is 2.30. The van der Waals surface area contributed by atoms with Crippen LogP contribution in [0.5, 0.6) is 0 Å². The van der Waals surface area contributed by atoms with Crippen LogP contribution in [0.25, 0.3) is 16.7 Å². The molecule has 214 valence electrons. The summed E-state index contributed by atoms with van der Waals surface area (Å²) in [6, 6.07) is 24.7. The van der Waals surface area contributed by atoms with Crippen molar-refractivity contribution in [1.29, 1.82) is 0 Å². The minimum atomic E-state index is -0.299. The van der Waals surface area contributed by atoms with Gasteiger partial charge in [-0.25, -0.2) is 19.0 Å². The van der Waals surface area contributed by atoms with Crippen LogP contribution in [0.15, 0.2) is 78.9 Å². The molecule has 7 nitrogen and oxygen atoms in total. The monoisotopic (exact) mass is 562 g/mol. The van der Waals surface area contributed by atoms with Crippen molar-refractivity contribution >= 4 is 22.8 Å². The van der Waals surface area contributed by atoms with Gasteiger partial charge < -0.3 is 9.80 Å². The average molecular weight is 563 g/mol. The number of rotatable bonds is 7. The third-order valence-electron chi connectivity index (χ3n) is 8.08. The van der Waals surface area contributed by atoms with Crippen molar-refractivity contribution in [3.8, 4) is 5.69 Å². The van der Waals surface area contributed by atoms with E-state index in [1.54, 1.807) is 16.8 Å². The maximum absolute atomic E-state index is 13.7. The van der Waals surface area contributed by atoms with Crippen molar-refractivity contribution in [2.45, 2.75) is 39.5 Å². The summed E-state index contributed by atoms with van der Waals surface area (Å²) >= 11 is 0. The molecule has 1 amide bonds. The molecule has 5 aromatic rings. The van der Waals surface area contributed by atoms with Crippen LogP contribution in [0.4, 0.5) is 10.2 Å². The van der Waals surface area contributed by atoms with E-state index in [0.29, 0.717) is 44.1 Å². The van der Waals surface area contributed by atoms with E-state index in [2.05, 4.69) is 43.0 Å². The summed E-state index contributed by atoms with van der Waals surface area (Å²) in [5.41, 5.74) is 5.62. The molecule has 3 heterocycles. The van der Waals surface area contributed by atoms with Gasteiger partial charge in [-0.05, 0) is 55.7 Å². The predicted octanol–water partition coefficient (Wildman–Crippen LogP) is 6.00. The van der Waals surface area contributed by atoms with E-state index in [1.807, 2.05) is 42.2 Å². The van der Waals surface area contributed by atoms with Gasteiger partial charge in [0, 0.05) is 32.6 Å². The van der Waals surface area contributed by atoms with Gasteiger partial charge in [-0.2, -0.15) is 5.10 Å². The zero-order valence-corrected chi connectivity index (χ0v) is 24.3. The summed E-state index contributed by atoms with van der Waals surface area (Å²) in [6.45, 7) is 8.66. The first kappa shape index (κ1) is 27.6. The van der Waals surface area contributed by atoms with E-state index in [4.69, 9.17) is 15.1 Å². The Labute approximate surface area is 245 Å². The molecule has 0 bridgehead atoms. The summed E-state index contributed by atoms with van der Waals surface area (Å²) < 4.78 is 15.5. The fourth-order valence-corrected chi connectivity index (χ4v) is 5.76. The Morgan fingerprint density at radius 2 is 1.57 bits per heavy atom. The van der Waals surface area contributed by atoms with Crippen LogP contribution < -0.4 is 4.90 Å². The molecule has 1 fully saturated rings. The summed E-state index contributed by atoms with van der Waals surface area (Å²) in [7, 11) is 0. The highest BCUT2D eigenvalue weighted by atomic mass is 19.1. The van der Waals surface area contributed by atoms with Crippen LogP contribution in [-0.2, 0) is 11.2 Å². The average Bonchev–Trinajstić information content (AvgIpc) is 3.35. The lowest BCUT2D eigenvalue weighted by atomic mass is 9.95. The topological polar surface area (TPSA) is 67.2 Å². The second kappa shape index (κ2) is 11.7. The van der Waals surface area contributed by atoms with E-state index < -0.39 is 0 Å². The van der Waals surface area contributed by atoms with Crippen molar-refractivity contribution < 1.29 is 9.18 Å². The molecule has 6 rings (SSSR count). The fourth-order valence-electron chi connectivity index (χ4n) is 5.76. The highest BCUT2D eigenvalue weighted by Crippen LogP contribution is 2.31. The molecule has 1 aliphatic heterocycles. The first-order valence-corrected chi connectivity index (χ1v) is 14.6. The number of amides is 1. The number of fused-ring (bicyclic) bond motifs is 1. The minimum Gasteiger partial charge on any atom is -0.352 e. The first-order chi connectivity index (χ1) is 20.4. The number of carbonyl (C=O) groups is 1. The van der Waals surface area contributed by atoms with Gasteiger partial charge in [0.2, 0.25) is 5.91 Å². The van der Waals surface area contributed by atoms with E-state index in [9.17, 15) is 9.18 Å². The molecule has 8 heteroatoms. The molecule has 0 aliphatic carbocycles. The maximum atomic E-state index is 13.7. The number of nitrogens with zero attached hydrogens (tertiary/aromatic N) is 6. The third-order valence-corrected chi connectivity index (χ3v) is 8.08. The van der Waals surface area contributed by atoms with Crippen molar-refractivity contribution in [1.82, 2.24) is 24.6 Å². The number of hydrogen-bond acceptors (Lipinski definition) is 5. The van der Waals surface area contributed by atoms with Crippen LogP contribution in [0, 0.1) is 19.7 Å². The molecule has 1 atom stereocenters. The van der Waals surface area contributed by atoms with E-state index in [0.717, 1.165) is 40.1 Å². The van der Waals surface area contributed by atoms with E-state index in [-0.39, 0.29) is 17.6 Å². The van der Waals surface area contributed by atoms with Crippen molar-refractivity contribution in [2.75, 3.05) is 31.1 Å². The number of hydrogen-bond donors (Lipinski definition) is 0. The number of piperazine rings is 1. The van der Waals surface area contributed by atoms with Crippen molar-refractivity contribution in [3.63, 3.8) is 0 Å². The first-order valence-electron chi connectivity index (χ1n) is 14.6. The molecule has 1 unspecified atom stereocenters. The zero-order valence-electron chi connectivity index (χ0n) is 24.3. The Bertz CT molecular complexity index is 1690. The number of carbonyl (C=O) groups excluding carboxylic acids is 1. The number of anilines is 1. The lowest BCUT2D eigenvalue weighted by molar-refractivity contribution is -0.133. The molecule has 42 heavy (non-hydrogen) atoms. The van der Waals surface area contributed by atoms with Gasteiger partial charge in [0.1, 0.15) is 17.5 Å². The third kappa shape index (κ3) is 5.49. The molecule has 0 N–H and O–H groups in total. The van der Waals surface area contributed by atoms with E-state index in [1.165, 1.54) is 17.7 Å². The Morgan fingerprint density at radius 3 is 2.24 bits per heavy atom. The van der Waals surface area contributed by atoms with Gasteiger partial charge >= 0.3 is 0 Å². The molecule has 0 radical (unpaired) electrons. The molecule has 1 aliphatic rings. The van der Waals surface area contributed by atoms with Gasteiger partial charge in [-0.1, -0.05) is 67.1 Å². The Balaban J connectivity index is 1.33. The molecule has 3 aromatic carbocycles. The number of halogens is 1. The number of benzene rings is 3. The Morgan fingerprint density at radius 1 is 0.881 bits per heavy atom. The van der Waals surface area contributed by atoms with Crippen molar-refractivity contribution in [2.24, 2.45) is 0 Å². The largest absolute Gasteiger partial charge is 0.352 e. The summed E-state index contributed by atoms with van der Waals surface area (Å²) in [6.07, 6.45) is 1.34. The van der Waals surface area contributed by atoms with Gasteiger partial charge in [-0.15, -0.1) is 0 Å².